The highest BCUT2D eigenvalue weighted by Crippen LogP contribution is 2.17. The molecule has 1 aliphatic heterocycles. The van der Waals surface area contributed by atoms with E-state index in [0.29, 0.717) is 18.4 Å². The fourth-order valence-corrected chi connectivity index (χ4v) is 1.89. The van der Waals surface area contributed by atoms with E-state index in [1.807, 2.05) is 0 Å². The third kappa shape index (κ3) is 3.66. The summed E-state index contributed by atoms with van der Waals surface area (Å²) < 4.78 is 0. The molecular formula is C11H22N2O. The van der Waals surface area contributed by atoms with Gasteiger partial charge in [0.15, 0.2) is 0 Å². The summed E-state index contributed by atoms with van der Waals surface area (Å²) in [6.07, 6.45) is 2.88. The molecular weight excluding hydrogens is 176 g/mol. The summed E-state index contributed by atoms with van der Waals surface area (Å²) in [7, 11) is 2.12. The minimum absolute atomic E-state index is 0.222. The average molecular weight is 198 g/mol. The molecule has 0 aromatic heterocycles. The van der Waals surface area contributed by atoms with Crippen molar-refractivity contribution in [2.75, 3.05) is 20.1 Å². The maximum Gasteiger partial charge on any atom is 0.220 e. The number of rotatable bonds is 4. The Labute approximate surface area is 86.9 Å². The van der Waals surface area contributed by atoms with Crippen LogP contribution in [0, 0.1) is 5.92 Å². The molecule has 82 valence electrons. The van der Waals surface area contributed by atoms with Crippen LogP contribution in [0.1, 0.15) is 33.1 Å². The largest absolute Gasteiger partial charge is 0.354 e. The van der Waals surface area contributed by atoms with Crippen LogP contribution >= 0.6 is 0 Å². The van der Waals surface area contributed by atoms with Crippen LogP contribution in [0.5, 0.6) is 0 Å². The quantitative estimate of drug-likeness (QED) is 0.737. The van der Waals surface area contributed by atoms with Crippen molar-refractivity contribution in [1.82, 2.24) is 10.2 Å². The third-order valence-electron chi connectivity index (χ3n) is 2.98. The first-order valence-corrected chi connectivity index (χ1v) is 5.59. The van der Waals surface area contributed by atoms with Crippen molar-refractivity contribution in [1.29, 1.82) is 0 Å². The lowest BCUT2D eigenvalue weighted by Gasteiger charge is -2.14. The fraction of sp³-hybridized carbons (Fsp3) is 0.909. The Bertz CT molecular complexity index is 194. The molecule has 1 N–H and O–H groups in total. The minimum Gasteiger partial charge on any atom is -0.354 e. The van der Waals surface area contributed by atoms with Gasteiger partial charge >= 0.3 is 0 Å². The summed E-state index contributed by atoms with van der Waals surface area (Å²) in [6.45, 7) is 6.36. The van der Waals surface area contributed by atoms with Gasteiger partial charge in [0.2, 0.25) is 5.91 Å². The van der Waals surface area contributed by atoms with Crippen LogP contribution in [0.25, 0.3) is 0 Å². The third-order valence-corrected chi connectivity index (χ3v) is 2.98. The van der Waals surface area contributed by atoms with Gasteiger partial charge in [0.25, 0.3) is 0 Å². The van der Waals surface area contributed by atoms with Crippen molar-refractivity contribution in [2.24, 2.45) is 5.92 Å². The summed E-state index contributed by atoms with van der Waals surface area (Å²) in [6, 6.07) is 0.321. The first kappa shape index (κ1) is 11.5. The minimum atomic E-state index is 0.222. The van der Waals surface area contributed by atoms with Crippen LogP contribution in [0.4, 0.5) is 0 Å². The van der Waals surface area contributed by atoms with E-state index in [-0.39, 0.29) is 5.91 Å². The van der Waals surface area contributed by atoms with E-state index in [1.165, 1.54) is 6.42 Å². The van der Waals surface area contributed by atoms with Gasteiger partial charge in [0, 0.05) is 19.0 Å². The zero-order valence-electron chi connectivity index (χ0n) is 9.55. The molecule has 0 radical (unpaired) electrons. The molecule has 3 nitrogen and oxygen atoms in total. The van der Waals surface area contributed by atoms with Gasteiger partial charge in [-0.2, -0.15) is 0 Å². The highest BCUT2D eigenvalue weighted by Gasteiger charge is 2.22. The van der Waals surface area contributed by atoms with Crippen LogP contribution in [0.2, 0.25) is 0 Å². The molecule has 0 aromatic rings. The summed E-state index contributed by atoms with van der Waals surface area (Å²) in [5.41, 5.74) is 0. The molecule has 0 spiro atoms. The van der Waals surface area contributed by atoms with Gasteiger partial charge in [-0.05, 0) is 39.3 Å². The first-order chi connectivity index (χ1) is 6.61. The number of nitrogens with zero attached hydrogens (tertiary/aromatic N) is 1. The number of carbonyl (C=O) groups is 1. The van der Waals surface area contributed by atoms with Gasteiger partial charge in [0.05, 0.1) is 0 Å². The summed E-state index contributed by atoms with van der Waals surface area (Å²) in [4.78, 5) is 13.8. The Hall–Kier alpha value is -0.570. The fourth-order valence-electron chi connectivity index (χ4n) is 1.89. The van der Waals surface area contributed by atoms with Crippen molar-refractivity contribution in [2.45, 2.75) is 39.2 Å². The highest BCUT2D eigenvalue weighted by atomic mass is 16.1. The van der Waals surface area contributed by atoms with Crippen molar-refractivity contribution >= 4 is 5.91 Å². The Kier molecular flexibility index (Phi) is 4.39. The first-order valence-electron chi connectivity index (χ1n) is 5.59. The molecule has 2 unspecified atom stereocenters. The maximum atomic E-state index is 11.5. The lowest BCUT2D eigenvalue weighted by molar-refractivity contribution is -0.122. The summed E-state index contributed by atoms with van der Waals surface area (Å²) in [5, 5.41) is 3.01. The topological polar surface area (TPSA) is 32.3 Å². The monoisotopic (exact) mass is 198 g/mol. The number of hydrogen-bond donors (Lipinski definition) is 1. The molecule has 1 aliphatic rings. The molecule has 0 bridgehead atoms. The van der Waals surface area contributed by atoms with Crippen molar-refractivity contribution in [3.63, 3.8) is 0 Å². The van der Waals surface area contributed by atoms with Crippen LogP contribution in [0.15, 0.2) is 0 Å². The smallest absolute Gasteiger partial charge is 0.220 e. The molecule has 0 aromatic carbocycles. The van der Waals surface area contributed by atoms with E-state index in [1.54, 1.807) is 0 Å². The van der Waals surface area contributed by atoms with Crippen LogP contribution in [-0.2, 0) is 4.79 Å². The van der Waals surface area contributed by atoms with E-state index in [4.69, 9.17) is 0 Å². The normalized spacial score (nSPS) is 24.9. The highest BCUT2D eigenvalue weighted by molar-refractivity contribution is 5.76. The molecule has 1 heterocycles. The second kappa shape index (κ2) is 5.35. The zero-order chi connectivity index (χ0) is 10.6. The molecule has 0 aliphatic carbocycles. The molecule has 3 heteroatoms. The standard InChI is InChI=1S/C11H22N2O/c1-4-9(2)12-11(14)7-10-5-6-13(3)8-10/h9-10H,4-8H2,1-3H3,(H,12,14). The Balaban J connectivity index is 2.20. The predicted octanol–water partition coefficient (Wildman–Crippen LogP) is 1.24. The Morgan fingerprint density at radius 1 is 1.64 bits per heavy atom. The summed E-state index contributed by atoms with van der Waals surface area (Å²) >= 11 is 0. The average Bonchev–Trinajstić information content (AvgIpc) is 2.50. The summed E-state index contributed by atoms with van der Waals surface area (Å²) in [5.74, 6) is 0.795. The number of hydrogen-bond acceptors (Lipinski definition) is 2. The molecule has 1 saturated heterocycles. The molecule has 1 amide bonds. The van der Waals surface area contributed by atoms with Gasteiger partial charge in [-0.3, -0.25) is 4.79 Å². The molecule has 2 atom stereocenters. The molecule has 0 saturated carbocycles. The zero-order valence-corrected chi connectivity index (χ0v) is 9.55. The van der Waals surface area contributed by atoms with Gasteiger partial charge in [-0.15, -0.1) is 0 Å². The van der Waals surface area contributed by atoms with E-state index < -0.39 is 0 Å². The van der Waals surface area contributed by atoms with Gasteiger partial charge in [0.1, 0.15) is 0 Å². The number of likely N-dealkylation sites (tertiary alicyclic amines) is 1. The second-order valence-corrected chi connectivity index (χ2v) is 4.50. The maximum absolute atomic E-state index is 11.5. The lowest BCUT2D eigenvalue weighted by atomic mass is 10.0. The van der Waals surface area contributed by atoms with Crippen molar-refractivity contribution in [3.05, 3.63) is 0 Å². The van der Waals surface area contributed by atoms with Crippen LogP contribution in [0.3, 0.4) is 0 Å². The van der Waals surface area contributed by atoms with E-state index in [0.717, 1.165) is 19.5 Å². The van der Waals surface area contributed by atoms with Crippen LogP contribution in [-0.4, -0.2) is 37.0 Å². The Morgan fingerprint density at radius 3 is 2.86 bits per heavy atom. The number of carbonyl (C=O) groups excluding carboxylic acids is 1. The van der Waals surface area contributed by atoms with Gasteiger partial charge in [-0.1, -0.05) is 6.92 Å². The van der Waals surface area contributed by atoms with Gasteiger partial charge < -0.3 is 10.2 Å². The van der Waals surface area contributed by atoms with E-state index in [9.17, 15) is 4.79 Å². The number of nitrogens with one attached hydrogen (secondary N) is 1. The SMILES string of the molecule is CCC(C)NC(=O)CC1CCN(C)C1. The van der Waals surface area contributed by atoms with E-state index >= 15 is 0 Å². The van der Waals surface area contributed by atoms with Crippen molar-refractivity contribution in [3.8, 4) is 0 Å². The number of amides is 1. The second-order valence-electron chi connectivity index (χ2n) is 4.50. The van der Waals surface area contributed by atoms with Gasteiger partial charge in [-0.25, -0.2) is 0 Å². The predicted molar refractivity (Wildman–Crippen MR) is 58.1 cm³/mol. The lowest BCUT2D eigenvalue weighted by Crippen LogP contribution is -2.33. The van der Waals surface area contributed by atoms with Crippen LogP contribution < -0.4 is 5.32 Å². The molecule has 14 heavy (non-hydrogen) atoms. The van der Waals surface area contributed by atoms with Crippen molar-refractivity contribution < 1.29 is 4.79 Å². The molecule has 1 fully saturated rings. The molecule has 1 rings (SSSR count). The Morgan fingerprint density at radius 2 is 2.36 bits per heavy atom. The van der Waals surface area contributed by atoms with E-state index in [2.05, 4.69) is 31.1 Å².